The molecule has 7 nitrogen and oxygen atoms in total. The van der Waals surface area contributed by atoms with E-state index in [1.54, 1.807) is 6.07 Å². The number of benzene rings is 1. The quantitative estimate of drug-likeness (QED) is 0.203. The van der Waals surface area contributed by atoms with E-state index < -0.39 is 12.0 Å². The maximum Gasteiger partial charge on any atom is 0.324 e. The van der Waals surface area contributed by atoms with Crippen molar-refractivity contribution in [3.05, 3.63) is 23.8 Å². The molecule has 7 heteroatoms. The molecule has 1 atom stereocenters. The van der Waals surface area contributed by atoms with Crippen molar-refractivity contribution in [1.82, 2.24) is 11.0 Å². The van der Waals surface area contributed by atoms with Gasteiger partial charge in [-0.25, -0.2) is 5.43 Å². The Morgan fingerprint density at radius 2 is 2.16 bits per heavy atom. The molecular formula is C12H19N3O4. The van der Waals surface area contributed by atoms with Gasteiger partial charge in [0.1, 0.15) is 6.04 Å². The van der Waals surface area contributed by atoms with Gasteiger partial charge in [-0.15, -0.1) is 0 Å². The van der Waals surface area contributed by atoms with Gasteiger partial charge in [-0.3, -0.25) is 10.6 Å². The molecule has 0 amide bonds. The predicted octanol–water partition coefficient (Wildman–Crippen LogP) is -0.0700. The third kappa shape index (κ3) is 4.74. The van der Waals surface area contributed by atoms with Crippen LogP contribution in [0.3, 0.4) is 0 Å². The van der Waals surface area contributed by atoms with Crippen molar-refractivity contribution in [3.63, 3.8) is 0 Å². The molecule has 0 bridgehead atoms. The number of esters is 1. The Morgan fingerprint density at radius 3 is 2.74 bits per heavy atom. The largest absolute Gasteiger partial charge is 0.504 e. The number of phenolic OH excluding ortho intramolecular Hbond substituents is 2. The second-order valence-electron chi connectivity index (χ2n) is 4.04. The minimum Gasteiger partial charge on any atom is -0.504 e. The zero-order chi connectivity index (χ0) is 14.3. The van der Waals surface area contributed by atoms with Gasteiger partial charge in [0, 0.05) is 0 Å². The second-order valence-corrected chi connectivity index (χ2v) is 4.04. The molecule has 1 rings (SSSR count). The number of nitrogens with two attached hydrogens (primary N) is 1. The highest BCUT2D eigenvalue weighted by molar-refractivity contribution is 5.76. The van der Waals surface area contributed by atoms with Crippen molar-refractivity contribution in [1.29, 1.82) is 0 Å². The van der Waals surface area contributed by atoms with Gasteiger partial charge in [0.2, 0.25) is 0 Å². The highest BCUT2D eigenvalue weighted by atomic mass is 16.5. The Balaban J connectivity index is 2.71. The summed E-state index contributed by atoms with van der Waals surface area (Å²) in [7, 11) is 0. The van der Waals surface area contributed by atoms with Crippen molar-refractivity contribution in [2.24, 2.45) is 5.84 Å². The standard InChI is InChI=1S/C12H19N3O4/c1-2-5-19-12(18)9(14-15-13)6-8-3-4-10(16)11(17)7-8/h3-4,7,9,14-17H,2,5-6,13H2,1H3. The number of hydrogen-bond acceptors (Lipinski definition) is 7. The van der Waals surface area contributed by atoms with E-state index in [0.717, 1.165) is 6.42 Å². The molecule has 0 saturated carbocycles. The molecule has 0 aliphatic carbocycles. The molecule has 0 saturated heterocycles. The van der Waals surface area contributed by atoms with E-state index in [0.29, 0.717) is 12.2 Å². The predicted molar refractivity (Wildman–Crippen MR) is 69.0 cm³/mol. The summed E-state index contributed by atoms with van der Waals surface area (Å²) in [5.41, 5.74) is 5.46. The van der Waals surface area contributed by atoms with Crippen molar-refractivity contribution in [3.8, 4) is 11.5 Å². The summed E-state index contributed by atoms with van der Waals surface area (Å²) in [5.74, 6) is 4.26. The topological polar surface area (TPSA) is 117 Å². The summed E-state index contributed by atoms with van der Waals surface area (Å²) >= 11 is 0. The molecule has 1 aromatic rings. The van der Waals surface area contributed by atoms with Gasteiger partial charge in [0.05, 0.1) is 6.61 Å². The smallest absolute Gasteiger partial charge is 0.324 e. The average molecular weight is 269 g/mol. The highest BCUT2D eigenvalue weighted by Crippen LogP contribution is 2.25. The lowest BCUT2D eigenvalue weighted by atomic mass is 10.1. The van der Waals surface area contributed by atoms with Gasteiger partial charge in [-0.05, 0) is 30.5 Å². The maximum absolute atomic E-state index is 11.8. The number of carbonyl (C=O) groups excluding carboxylic acids is 1. The Bertz CT molecular complexity index is 425. The zero-order valence-corrected chi connectivity index (χ0v) is 10.7. The number of aromatic hydroxyl groups is 2. The fraction of sp³-hybridized carbons (Fsp3) is 0.417. The third-order valence-electron chi connectivity index (χ3n) is 2.47. The van der Waals surface area contributed by atoms with Crippen LogP contribution < -0.4 is 16.8 Å². The number of hydrogen-bond donors (Lipinski definition) is 5. The van der Waals surface area contributed by atoms with Crippen LogP contribution in [0.1, 0.15) is 18.9 Å². The van der Waals surface area contributed by atoms with Crippen LogP contribution in [0.25, 0.3) is 0 Å². The van der Waals surface area contributed by atoms with Gasteiger partial charge in [-0.2, -0.15) is 5.53 Å². The first-order valence-corrected chi connectivity index (χ1v) is 5.97. The minimum atomic E-state index is -0.680. The molecule has 0 aliphatic heterocycles. The zero-order valence-electron chi connectivity index (χ0n) is 10.7. The monoisotopic (exact) mass is 269 g/mol. The number of carbonyl (C=O) groups is 1. The lowest BCUT2D eigenvalue weighted by Crippen LogP contribution is -2.50. The molecular weight excluding hydrogens is 250 g/mol. The van der Waals surface area contributed by atoms with Gasteiger partial charge >= 0.3 is 5.97 Å². The Hall–Kier alpha value is -1.83. The molecule has 0 fully saturated rings. The molecule has 0 radical (unpaired) electrons. The molecule has 1 unspecified atom stereocenters. The summed E-state index contributed by atoms with van der Waals surface area (Å²) in [6, 6.07) is 3.66. The number of nitrogens with one attached hydrogen (secondary N) is 2. The summed E-state index contributed by atoms with van der Waals surface area (Å²) in [4.78, 5) is 11.8. The number of rotatable bonds is 7. The molecule has 6 N–H and O–H groups in total. The van der Waals surface area contributed by atoms with Crippen LogP contribution in [-0.4, -0.2) is 28.8 Å². The van der Waals surface area contributed by atoms with Crippen molar-refractivity contribution in [2.45, 2.75) is 25.8 Å². The van der Waals surface area contributed by atoms with E-state index in [1.165, 1.54) is 12.1 Å². The molecule has 0 aliphatic rings. The SMILES string of the molecule is CCCOC(=O)C(Cc1ccc(O)c(O)c1)NNN. The third-order valence-corrected chi connectivity index (χ3v) is 2.47. The van der Waals surface area contributed by atoms with Gasteiger partial charge in [-0.1, -0.05) is 13.0 Å². The molecule has 0 spiro atoms. The van der Waals surface area contributed by atoms with E-state index in [2.05, 4.69) is 11.0 Å². The van der Waals surface area contributed by atoms with Gasteiger partial charge in [0.25, 0.3) is 0 Å². The Kier molecular flexibility index (Phi) is 6.07. The van der Waals surface area contributed by atoms with E-state index in [1.807, 2.05) is 6.92 Å². The van der Waals surface area contributed by atoms with E-state index in [-0.39, 0.29) is 17.9 Å². The maximum atomic E-state index is 11.8. The van der Waals surface area contributed by atoms with Crippen LogP contribution in [-0.2, 0) is 16.0 Å². The van der Waals surface area contributed by atoms with Crippen LogP contribution in [0.5, 0.6) is 11.5 Å². The fourth-order valence-electron chi connectivity index (χ4n) is 1.53. The van der Waals surface area contributed by atoms with Crippen LogP contribution in [0, 0.1) is 0 Å². The summed E-state index contributed by atoms with van der Waals surface area (Å²) in [6.45, 7) is 2.23. The molecule has 106 valence electrons. The van der Waals surface area contributed by atoms with Crippen LogP contribution >= 0.6 is 0 Å². The van der Waals surface area contributed by atoms with Crippen LogP contribution in [0.4, 0.5) is 0 Å². The summed E-state index contributed by atoms with van der Waals surface area (Å²) in [5, 5.41) is 18.6. The number of phenols is 2. The molecule has 1 aromatic carbocycles. The average Bonchev–Trinajstić information content (AvgIpc) is 2.39. The Morgan fingerprint density at radius 1 is 1.42 bits per heavy atom. The summed E-state index contributed by atoms with van der Waals surface area (Å²) in [6.07, 6.45) is 0.995. The molecule has 0 heterocycles. The first-order chi connectivity index (χ1) is 9.08. The molecule has 19 heavy (non-hydrogen) atoms. The van der Waals surface area contributed by atoms with Crippen LogP contribution in [0.15, 0.2) is 18.2 Å². The molecule has 0 aromatic heterocycles. The van der Waals surface area contributed by atoms with Crippen molar-refractivity contribution < 1.29 is 19.7 Å². The lowest BCUT2D eigenvalue weighted by molar-refractivity contribution is -0.146. The highest BCUT2D eigenvalue weighted by Gasteiger charge is 2.20. The number of ether oxygens (including phenoxy) is 1. The normalized spacial score (nSPS) is 12.1. The van der Waals surface area contributed by atoms with E-state index in [9.17, 15) is 15.0 Å². The van der Waals surface area contributed by atoms with Gasteiger partial charge in [0.15, 0.2) is 11.5 Å². The first kappa shape index (κ1) is 15.2. The van der Waals surface area contributed by atoms with Crippen molar-refractivity contribution in [2.75, 3.05) is 6.61 Å². The van der Waals surface area contributed by atoms with Gasteiger partial charge < -0.3 is 14.9 Å². The number of hydrazine groups is 2. The van der Waals surface area contributed by atoms with E-state index in [4.69, 9.17) is 10.6 Å². The second kappa shape index (κ2) is 7.57. The van der Waals surface area contributed by atoms with E-state index >= 15 is 0 Å². The first-order valence-electron chi connectivity index (χ1n) is 5.97. The Labute approximate surface area is 111 Å². The fourth-order valence-corrected chi connectivity index (χ4v) is 1.53. The van der Waals surface area contributed by atoms with Crippen molar-refractivity contribution >= 4 is 5.97 Å². The summed E-state index contributed by atoms with van der Waals surface area (Å²) < 4.78 is 5.02. The minimum absolute atomic E-state index is 0.209. The van der Waals surface area contributed by atoms with Crippen LogP contribution in [0.2, 0.25) is 0 Å². The lowest BCUT2D eigenvalue weighted by Gasteiger charge is -2.16.